The van der Waals surface area contributed by atoms with Crippen LogP contribution >= 0.6 is 0 Å². The van der Waals surface area contributed by atoms with Crippen molar-refractivity contribution in [2.24, 2.45) is 0 Å². The second-order valence-corrected chi connectivity index (χ2v) is 8.35. The number of pyridine rings is 1. The van der Waals surface area contributed by atoms with E-state index in [0.717, 1.165) is 36.3 Å². The molecule has 2 aliphatic rings. The van der Waals surface area contributed by atoms with Crippen LogP contribution in [-0.4, -0.2) is 48.8 Å². The number of aromatic nitrogens is 1. The van der Waals surface area contributed by atoms with Gasteiger partial charge in [0.05, 0.1) is 26.9 Å². The first kappa shape index (κ1) is 21.4. The summed E-state index contributed by atoms with van der Waals surface area (Å²) in [4.78, 5) is 28.5. The van der Waals surface area contributed by atoms with E-state index in [1.54, 1.807) is 23.7 Å². The standard InChI is InChI=1S/C24H30N2O5/c1-15-10-16(2)26(14-19-6-5-9-31-19)24(28)22(15)23(27)25-8-7-17-11-20(29-3)21(30-4)12-18(17)13-25/h10-12,19H,5-9,13-14H2,1-4H3/t19-/m0/s1. The summed E-state index contributed by atoms with van der Waals surface area (Å²) >= 11 is 0. The Morgan fingerprint density at radius 3 is 2.48 bits per heavy atom. The van der Waals surface area contributed by atoms with E-state index in [4.69, 9.17) is 14.2 Å². The molecule has 7 nitrogen and oxygen atoms in total. The van der Waals surface area contributed by atoms with Crippen molar-refractivity contribution < 1.29 is 19.0 Å². The highest BCUT2D eigenvalue weighted by Gasteiger charge is 2.28. The highest BCUT2D eigenvalue weighted by Crippen LogP contribution is 2.33. The van der Waals surface area contributed by atoms with Gasteiger partial charge in [-0.1, -0.05) is 0 Å². The van der Waals surface area contributed by atoms with Gasteiger partial charge in [-0.25, -0.2) is 0 Å². The van der Waals surface area contributed by atoms with Gasteiger partial charge in [0.15, 0.2) is 11.5 Å². The van der Waals surface area contributed by atoms with Crippen molar-refractivity contribution in [3.05, 3.63) is 56.5 Å². The number of aryl methyl sites for hydroxylation is 2. The predicted molar refractivity (Wildman–Crippen MR) is 117 cm³/mol. The summed E-state index contributed by atoms with van der Waals surface area (Å²) in [7, 11) is 3.22. The van der Waals surface area contributed by atoms with Crippen molar-refractivity contribution in [1.29, 1.82) is 0 Å². The molecule has 0 saturated carbocycles. The van der Waals surface area contributed by atoms with E-state index in [1.165, 1.54) is 0 Å². The molecule has 0 bridgehead atoms. The van der Waals surface area contributed by atoms with Crippen molar-refractivity contribution >= 4 is 5.91 Å². The number of amides is 1. The van der Waals surface area contributed by atoms with Crippen molar-refractivity contribution in [3.63, 3.8) is 0 Å². The first-order valence-corrected chi connectivity index (χ1v) is 10.8. The number of carbonyl (C=O) groups is 1. The van der Waals surface area contributed by atoms with Gasteiger partial charge in [0, 0.05) is 25.4 Å². The minimum atomic E-state index is -0.226. The van der Waals surface area contributed by atoms with E-state index in [1.807, 2.05) is 32.0 Å². The van der Waals surface area contributed by atoms with Crippen LogP contribution in [0.2, 0.25) is 0 Å². The van der Waals surface area contributed by atoms with Gasteiger partial charge in [-0.15, -0.1) is 0 Å². The van der Waals surface area contributed by atoms with E-state index < -0.39 is 0 Å². The lowest BCUT2D eigenvalue weighted by molar-refractivity contribution is 0.0728. The van der Waals surface area contributed by atoms with Crippen LogP contribution in [0, 0.1) is 13.8 Å². The summed E-state index contributed by atoms with van der Waals surface area (Å²) in [5.41, 5.74) is 3.76. The molecule has 1 aromatic heterocycles. The lowest BCUT2D eigenvalue weighted by Crippen LogP contribution is -2.41. The predicted octanol–water partition coefficient (Wildman–Crippen LogP) is 2.86. The molecule has 1 aromatic carbocycles. The topological polar surface area (TPSA) is 70.0 Å². The lowest BCUT2D eigenvalue weighted by Gasteiger charge is -2.30. The van der Waals surface area contributed by atoms with Gasteiger partial charge >= 0.3 is 0 Å². The first-order chi connectivity index (χ1) is 14.9. The quantitative estimate of drug-likeness (QED) is 0.735. The summed E-state index contributed by atoms with van der Waals surface area (Å²) in [6.07, 6.45) is 2.69. The fourth-order valence-electron chi connectivity index (χ4n) is 4.62. The molecule has 4 rings (SSSR count). The molecule has 7 heteroatoms. The van der Waals surface area contributed by atoms with Crippen molar-refractivity contribution in [2.45, 2.75) is 52.3 Å². The Kier molecular flexibility index (Phi) is 6.05. The summed E-state index contributed by atoms with van der Waals surface area (Å²) in [5, 5.41) is 0. The average molecular weight is 427 g/mol. The first-order valence-electron chi connectivity index (χ1n) is 10.8. The molecule has 3 heterocycles. The third-order valence-electron chi connectivity index (χ3n) is 6.33. The largest absolute Gasteiger partial charge is 0.493 e. The maximum absolute atomic E-state index is 13.5. The zero-order valence-electron chi connectivity index (χ0n) is 18.7. The number of methoxy groups -OCH3 is 2. The van der Waals surface area contributed by atoms with E-state index in [-0.39, 0.29) is 23.1 Å². The fraction of sp³-hybridized carbons (Fsp3) is 0.500. The minimum absolute atomic E-state index is 0.0337. The van der Waals surface area contributed by atoms with Crippen LogP contribution in [0.5, 0.6) is 11.5 Å². The van der Waals surface area contributed by atoms with Crippen molar-refractivity contribution in [2.75, 3.05) is 27.4 Å². The SMILES string of the molecule is COc1cc2c(cc1OC)CN(C(=O)c1c(C)cc(C)n(C[C@@H]3CCCO3)c1=O)CC2. The molecule has 0 unspecified atom stereocenters. The fourth-order valence-corrected chi connectivity index (χ4v) is 4.62. The minimum Gasteiger partial charge on any atom is -0.493 e. The molecule has 31 heavy (non-hydrogen) atoms. The van der Waals surface area contributed by atoms with Gasteiger partial charge in [-0.3, -0.25) is 9.59 Å². The highest BCUT2D eigenvalue weighted by molar-refractivity contribution is 5.95. The summed E-state index contributed by atoms with van der Waals surface area (Å²) in [6, 6.07) is 5.82. The molecule has 1 amide bonds. The summed E-state index contributed by atoms with van der Waals surface area (Å²) < 4.78 is 18.2. The Labute approximate surface area is 182 Å². The molecule has 1 saturated heterocycles. The number of carbonyl (C=O) groups excluding carboxylic acids is 1. The van der Waals surface area contributed by atoms with Gasteiger partial charge in [0.1, 0.15) is 5.56 Å². The molecular formula is C24H30N2O5. The molecule has 0 radical (unpaired) electrons. The van der Waals surface area contributed by atoms with E-state index >= 15 is 0 Å². The number of hydrogen-bond donors (Lipinski definition) is 0. The third kappa shape index (κ3) is 4.06. The van der Waals surface area contributed by atoms with Gasteiger partial charge in [-0.05, 0) is 68.0 Å². The van der Waals surface area contributed by atoms with Crippen LogP contribution in [0.25, 0.3) is 0 Å². The maximum Gasteiger partial charge on any atom is 0.263 e. The lowest BCUT2D eigenvalue weighted by atomic mass is 9.97. The number of rotatable bonds is 5. The van der Waals surface area contributed by atoms with Crippen LogP contribution in [0.1, 0.15) is 45.6 Å². The number of fused-ring (bicyclic) bond motifs is 1. The number of ether oxygens (including phenoxy) is 3. The van der Waals surface area contributed by atoms with Gasteiger partial charge in [0.25, 0.3) is 11.5 Å². The second-order valence-electron chi connectivity index (χ2n) is 8.35. The normalized spacial score (nSPS) is 18.1. The van der Waals surface area contributed by atoms with Crippen molar-refractivity contribution in [3.8, 4) is 11.5 Å². The molecule has 2 aromatic rings. The Morgan fingerprint density at radius 2 is 1.84 bits per heavy atom. The van der Waals surface area contributed by atoms with Gasteiger partial charge in [-0.2, -0.15) is 0 Å². The van der Waals surface area contributed by atoms with Crippen LogP contribution in [0.4, 0.5) is 0 Å². The number of hydrogen-bond acceptors (Lipinski definition) is 5. The van der Waals surface area contributed by atoms with Gasteiger partial charge in [0.2, 0.25) is 0 Å². The van der Waals surface area contributed by atoms with E-state index in [9.17, 15) is 9.59 Å². The van der Waals surface area contributed by atoms with Crippen LogP contribution < -0.4 is 15.0 Å². The molecule has 0 spiro atoms. The van der Waals surface area contributed by atoms with Crippen LogP contribution in [-0.2, 0) is 24.2 Å². The smallest absolute Gasteiger partial charge is 0.263 e. The van der Waals surface area contributed by atoms with Crippen LogP contribution in [0.15, 0.2) is 23.0 Å². The molecule has 1 fully saturated rings. The third-order valence-corrected chi connectivity index (χ3v) is 6.33. The average Bonchev–Trinajstić information content (AvgIpc) is 3.28. The van der Waals surface area contributed by atoms with Crippen LogP contribution in [0.3, 0.4) is 0 Å². The van der Waals surface area contributed by atoms with E-state index in [2.05, 4.69) is 0 Å². The molecule has 1 atom stereocenters. The van der Waals surface area contributed by atoms with Gasteiger partial charge < -0.3 is 23.7 Å². The monoisotopic (exact) mass is 426 g/mol. The zero-order valence-corrected chi connectivity index (χ0v) is 18.7. The summed E-state index contributed by atoms with van der Waals surface area (Å²) in [5.74, 6) is 1.11. The Morgan fingerprint density at radius 1 is 1.13 bits per heavy atom. The molecule has 0 N–H and O–H groups in total. The van der Waals surface area contributed by atoms with Crippen molar-refractivity contribution in [1.82, 2.24) is 9.47 Å². The maximum atomic E-state index is 13.5. The molecule has 0 aliphatic carbocycles. The Hall–Kier alpha value is -2.80. The highest BCUT2D eigenvalue weighted by atomic mass is 16.5. The molecular weight excluding hydrogens is 396 g/mol. The number of benzene rings is 1. The van der Waals surface area contributed by atoms with E-state index in [0.29, 0.717) is 43.1 Å². The Bertz CT molecular complexity index is 1050. The summed E-state index contributed by atoms with van der Waals surface area (Å²) in [6.45, 7) is 5.97. The molecule has 166 valence electrons. The molecule has 2 aliphatic heterocycles. The Balaban J connectivity index is 1.63. The number of nitrogens with zero attached hydrogens (tertiary/aromatic N) is 2. The zero-order chi connectivity index (χ0) is 22.1. The second kappa shape index (κ2) is 8.75.